The molecule has 0 radical (unpaired) electrons. The Morgan fingerprint density at radius 3 is 2.52 bits per heavy atom. The van der Waals surface area contributed by atoms with Crippen LogP contribution in [0, 0.1) is 12.7 Å². The quantitative estimate of drug-likeness (QED) is 0.474. The van der Waals surface area contributed by atoms with Crippen LogP contribution in [0.15, 0.2) is 48.8 Å². The van der Waals surface area contributed by atoms with Gasteiger partial charge in [-0.05, 0) is 25.1 Å². The number of esters is 1. The number of alkyl halides is 3. The highest BCUT2D eigenvalue weighted by atomic mass is 19.4. The van der Waals surface area contributed by atoms with E-state index in [0.29, 0.717) is 6.20 Å². The molecule has 0 fully saturated rings. The van der Waals surface area contributed by atoms with Gasteiger partial charge >= 0.3 is 12.1 Å². The van der Waals surface area contributed by atoms with Crippen molar-refractivity contribution in [2.75, 3.05) is 6.61 Å². The molecule has 2 aromatic heterocycles. The van der Waals surface area contributed by atoms with Gasteiger partial charge in [0.05, 0.1) is 17.5 Å². The Morgan fingerprint density at radius 2 is 1.87 bits per heavy atom. The number of halogens is 4. The average Bonchev–Trinajstić information content (AvgIpc) is 3.12. The number of hydrogen-bond donors (Lipinski definition) is 1. The van der Waals surface area contributed by atoms with Crippen LogP contribution in [0.5, 0.6) is 0 Å². The molecule has 1 N–H and O–H groups in total. The zero-order valence-electron chi connectivity index (χ0n) is 16.1. The van der Waals surface area contributed by atoms with Crippen LogP contribution in [0.25, 0.3) is 5.82 Å². The van der Waals surface area contributed by atoms with Gasteiger partial charge in [0.2, 0.25) is 0 Å². The topological polar surface area (TPSA) is 86.1 Å². The summed E-state index contributed by atoms with van der Waals surface area (Å²) in [5.41, 5.74) is -0.349. The van der Waals surface area contributed by atoms with E-state index in [1.165, 1.54) is 29.8 Å². The van der Waals surface area contributed by atoms with Crippen molar-refractivity contribution >= 4 is 11.9 Å². The van der Waals surface area contributed by atoms with Gasteiger partial charge in [-0.25, -0.2) is 18.9 Å². The first kappa shape index (κ1) is 21.9. The third-order valence-electron chi connectivity index (χ3n) is 4.29. The summed E-state index contributed by atoms with van der Waals surface area (Å²) < 4.78 is 57.6. The molecule has 11 heteroatoms. The second-order valence-electron chi connectivity index (χ2n) is 6.40. The number of nitrogens with one attached hydrogen (secondary N) is 1. The van der Waals surface area contributed by atoms with Gasteiger partial charge in [-0.1, -0.05) is 18.2 Å². The van der Waals surface area contributed by atoms with Gasteiger partial charge in [-0.3, -0.25) is 4.79 Å². The number of rotatable bonds is 6. The minimum atomic E-state index is -4.52. The molecule has 3 aromatic rings. The van der Waals surface area contributed by atoms with Crippen LogP contribution in [-0.4, -0.2) is 33.2 Å². The maximum absolute atomic E-state index is 13.5. The first-order valence-electron chi connectivity index (χ1n) is 8.92. The number of carbonyl (C=O) groups excluding carboxylic acids is 2. The lowest BCUT2D eigenvalue weighted by atomic mass is 10.2. The smallest absolute Gasteiger partial charge is 0.417 e. The lowest BCUT2D eigenvalue weighted by Crippen LogP contribution is -2.28. The van der Waals surface area contributed by atoms with Crippen molar-refractivity contribution in [3.8, 4) is 5.82 Å². The molecule has 0 saturated heterocycles. The zero-order valence-corrected chi connectivity index (χ0v) is 16.1. The average molecular weight is 436 g/mol. The Hall–Kier alpha value is -3.76. The highest BCUT2D eigenvalue weighted by Crippen LogP contribution is 2.28. The third-order valence-corrected chi connectivity index (χ3v) is 4.29. The maximum atomic E-state index is 13.5. The first-order valence-corrected chi connectivity index (χ1v) is 8.92. The maximum Gasteiger partial charge on any atom is 0.417 e. The summed E-state index contributed by atoms with van der Waals surface area (Å²) in [6.07, 6.45) is -2.70. The van der Waals surface area contributed by atoms with Crippen molar-refractivity contribution in [2.45, 2.75) is 19.6 Å². The fourth-order valence-corrected chi connectivity index (χ4v) is 2.62. The van der Waals surface area contributed by atoms with Crippen LogP contribution in [0.2, 0.25) is 0 Å². The van der Waals surface area contributed by atoms with Gasteiger partial charge in [-0.15, -0.1) is 0 Å². The van der Waals surface area contributed by atoms with E-state index in [2.05, 4.69) is 15.4 Å². The van der Waals surface area contributed by atoms with E-state index in [4.69, 9.17) is 4.74 Å². The molecule has 31 heavy (non-hydrogen) atoms. The van der Waals surface area contributed by atoms with Crippen molar-refractivity contribution in [1.82, 2.24) is 20.1 Å². The number of benzene rings is 1. The Kier molecular flexibility index (Phi) is 6.33. The largest absolute Gasteiger partial charge is 0.452 e. The number of amides is 1. The van der Waals surface area contributed by atoms with Gasteiger partial charge in [-0.2, -0.15) is 18.3 Å². The standard InChI is InChI=1S/C20H16F4N4O3/c1-12-15(10-27-28(12)17-7-6-14(9-25-17)20(22,23)24)19(30)31-11-18(29)26-8-13-4-2-3-5-16(13)21/h2-7,9-10H,8,11H2,1H3,(H,26,29). The molecule has 0 aliphatic heterocycles. The Morgan fingerprint density at radius 1 is 1.13 bits per heavy atom. The molecule has 1 aromatic carbocycles. The molecule has 0 aliphatic rings. The Balaban J connectivity index is 1.59. The van der Waals surface area contributed by atoms with E-state index >= 15 is 0 Å². The van der Waals surface area contributed by atoms with Gasteiger partial charge in [0.15, 0.2) is 12.4 Å². The van der Waals surface area contributed by atoms with Crippen LogP contribution in [0.3, 0.4) is 0 Å². The molecular formula is C20H16F4N4O3. The summed E-state index contributed by atoms with van der Waals surface area (Å²) in [5.74, 6) is -1.88. The predicted molar refractivity (Wildman–Crippen MR) is 99.6 cm³/mol. The second-order valence-corrected chi connectivity index (χ2v) is 6.40. The van der Waals surface area contributed by atoms with Crippen molar-refractivity contribution in [2.24, 2.45) is 0 Å². The number of hydrogen-bond acceptors (Lipinski definition) is 5. The molecule has 0 spiro atoms. The second kappa shape index (κ2) is 8.94. The SMILES string of the molecule is Cc1c(C(=O)OCC(=O)NCc2ccccc2F)cnn1-c1ccc(C(F)(F)F)cn1. The highest BCUT2D eigenvalue weighted by Gasteiger charge is 2.31. The van der Waals surface area contributed by atoms with E-state index in [0.717, 1.165) is 18.3 Å². The molecule has 0 unspecified atom stereocenters. The normalized spacial score (nSPS) is 11.3. The lowest BCUT2D eigenvalue weighted by Gasteiger charge is -2.09. The van der Waals surface area contributed by atoms with Gasteiger partial charge in [0.25, 0.3) is 5.91 Å². The zero-order chi connectivity index (χ0) is 22.6. The van der Waals surface area contributed by atoms with Crippen molar-refractivity contribution in [1.29, 1.82) is 0 Å². The van der Waals surface area contributed by atoms with Crippen molar-refractivity contribution < 1.29 is 31.9 Å². The fraction of sp³-hybridized carbons (Fsp3) is 0.200. The van der Waals surface area contributed by atoms with Crippen LogP contribution in [-0.2, 0) is 22.3 Å². The summed E-state index contributed by atoms with van der Waals surface area (Å²) >= 11 is 0. The third kappa shape index (κ3) is 5.24. The monoisotopic (exact) mass is 436 g/mol. The van der Waals surface area contributed by atoms with Crippen molar-refractivity contribution in [3.63, 3.8) is 0 Å². The van der Waals surface area contributed by atoms with Crippen LogP contribution in [0.1, 0.15) is 27.2 Å². The summed E-state index contributed by atoms with van der Waals surface area (Å²) in [6, 6.07) is 7.87. The molecule has 1 amide bonds. The first-order chi connectivity index (χ1) is 14.7. The van der Waals surface area contributed by atoms with E-state index in [9.17, 15) is 27.2 Å². The lowest BCUT2D eigenvalue weighted by molar-refractivity contribution is -0.137. The number of aromatic nitrogens is 3. The molecule has 0 saturated carbocycles. The van der Waals surface area contributed by atoms with Gasteiger partial charge in [0, 0.05) is 18.3 Å². The molecular weight excluding hydrogens is 420 g/mol. The van der Waals surface area contributed by atoms with Gasteiger partial charge < -0.3 is 10.1 Å². The molecule has 7 nitrogen and oxygen atoms in total. The number of pyridine rings is 1. The molecule has 3 rings (SSSR count). The Labute approximate surface area is 173 Å². The van der Waals surface area contributed by atoms with Crippen LogP contribution in [0.4, 0.5) is 17.6 Å². The van der Waals surface area contributed by atoms with E-state index in [1.54, 1.807) is 6.07 Å². The fourth-order valence-electron chi connectivity index (χ4n) is 2.62. The minimum absolute atomic E-state index is 0.0172. The summed E-state index contributed by atoms with van der Waals surface area (Å²) in [7, 11) is 0. The van der Waals surface area contributed by atoms with Crippen LogP contribution >= 0.6 is 0 Å². The molecule has 162 valence electrons. The number of carbonyl (C=O) groups is 2. The highest BCUT2D eigenvalue weighted by molar-refractivity contribution is 5.92. The number of ether oxygens (including phenoxy) is 1. The summed E-state index contributed by atoms with van der Waals surface area (Å²) in [6.45, 7) is 0.831. The number of nitrogens with zero attached hydrogens (tertiary/aromatic N) is 3. The molecule has 0 bridgehead atoms. The van der Waals surface area contributed by atoms with Crippen molar-refractivity contribution in [3.05, 3.63) is 77.0 Å². The minimum Gasteiger partial charge on any atom is -0.452 e. The summed E-state index contributed by atoms with van der Waals surface area (Å²) in [5, 5.41) is 6.37. The van der Waals surface area contributed by atoms with E-state index in [1.807, 2.05) is 0 Å². The Bertz CT molecular complexity index is 1090. The van der Waals surface area contributed by atoms with E-state index < -0.39 is 36.0 Å². The predicted octanol–water partition coefficient (Wildman–Crippen LogP) is 3.21. The van der Waals surface area contributed by atoms with Crippen LogP contribution < -0.4 is 5.32 Å². The molecule has 0 aliphatic carbocycles. The molecule has 0 atom stereocenters. The summed E-state index contributed by atoms with van der Waals surface area (Å²) in [4.78, 5) is 27.8. The van der Waals surface area contributed by atoms with E-state index in [-0.39, 0.29) is 29.2 Å². The molecule has 2 heterocycles. The van der Waals surface area contributed by atoms with Gasteiger partial charge in [0.1, 0.15) is 11.4 Å².